The second kappa shape index (κ2) is 5.99. The standard InChI is InChI=1S/C24H17NO2/c26-18-8-4-7-16(11-18)23-14-21(15-5-2-1-3-6-15)22-13-17-12-19(27)9-10-20(17)24(22)25-23/h1-12,14,26-27H,13H2. The van der Waals surface area contributed by atoms with Crippen LogP contribution in [-0.4, -0.2) is 15.2 Å². The molecule has 27 heavy (non-hydrogen) atoms. The van der Waals surface area contributed by atoms with Crippen molar-refractivity contribution in [3.63, 3.8) is 0 Å². The van der Waals surface area contributed by atoms with Crippen molar-refractivity contribution in [1.82, 2.24) is 4.98 Å². The Bertz CT molecular complexity index is 1170. The minimum Gasteiger partial charge on any atom is -0.508 e. The number of fused-ring (bicyclic) bond motifs is 3. The average molecular weight is 351 g/mol. The molecule has 3 heteroatoms. The summed E-state index contributed by atoms with van der Waals surface area (Å²) in [7, 11) is 0. The van der Waals surface area contributed by atoms with Crippen molar-refractivity contribution in [2.24, 2.45) is 0 Å². The van der Waals surface area contributed by atoms with E-state index in [2.05, 4.69) is 18.2 Å². The average Bonchev–Trinajstić information content (AvgIpc) is 3.05. The van der Waals surface area contributed by atoms with Crippen LogP contribution < -0.4 is 0 Å². The molecule has 2 N–H and O–H groups in total. The van der Waals surface area contributed by atoms with Gasteiger partial charge in [-0.3, -0.25) is 0 Å². The minimum absolute atomic E-state index is 0.224. The van der Waals surface area contributed by atoms with Gasteiger partial charge in [0.2, 0.25) is 0 Å². The molecule has 5 rings (SSSR count). The zero-order chi connectivity index (χ0) is 18.4. The third-order valence-electron chi connectivity index (χ3n) is 5.06. The highest BCUT2D eigenvalue weighted by Gasteiger charge is 2.25. The van der Waals surface area contributed by atoms with E-state index in [1.165, 1.54) is 5.56 Å². The maximum Gasteiger partial charge on any atom is 0.116 e. The second-order valence-electron chi connectivity index (χ2n) is 6.82. The Balaban J connectivity index is 1.79. The number of hydrogen-bond donors (Lipinski definition) is 2. The van der Waals surface area contributed by atoms with E-state index in [0.29, 0.717) is 0 Å². The predicted molar refractivity (Wildman–Crippen MR) is 107 cm³/mol. The number of nitrogens with zero attached hydrogens (tertiary/aromatic N) is 1. The van der Waals surface area contributed by atoms with Gasteiger partial charge in [-0.1, -0.05) is 42.5 Å². The summed E-state index contributed by atoms with van der Waals surface area (Å²) in [5, 5.41) is 19.8. The molecule has 4 aromatic rings. The highest BCUT2D eigenvalue weighted by molar-refractivity contribution is 5.86. The smallest absolute Gasteiger partial charge is 0.116 e. The summed E-state index contributed by atoms with van der Waals surface area (Å²) in [6, 6.07) is 25.0. The highest BCUT2D eigenvalue weighted by Crippen LogP contribution is 2.43. The molecule has 0 saturated heterocycles. The van der Waals surface area contributed by atoms with Gasteiger partial charge in [0, 0.05) is 17.5 Å². The lowest BCUT2D eigenvalue weighted by Gasteiger charge is -2.12. The van der Waals surface area contributed by atoms with Gasteiger partial charge in [-0.2, -0.15) is 0 Å². The topological polar surface area (TPSA) is 53.4 Å². The van der Waals surface area contributed by atoms with Crippen LogP contribution >= 0.6 is 0 Å². The van der Waals surface area contributed by atoms with Crippen molar-refractivity contribution in [3.8, 4) is 45.1 Å². The molecular weight excluding hydrogens is 334 g/mol. The number of phenolic OH excluding ortho intramolecular Hbond substituents is 2. The summed E-state index contributed by atoms with van der Waals surface area (Å²) < 4.78 is 0. The van der Waals surface area contributed by atoms with Crippen molar-refractivity contribution in [3.05, 3.63) is 90.0 Å². The van der Waals surface area contributed by atoms with Crippen LogP contribution in [0, 0.1) is 0 Å². The maximum atomic E-state index is 9.89. The molecule has 0 spiro atoms. The molecule has 0 aliphatic heterocycles. The van der Waals surface area contributed by atoms with Crippen molar-refractivity contribution in [2.75, 3.05) is 0 Å². The minimum atomic E-state index is 0.224. The molecule has 0 radical (unpaired) electrons. The Morgan fingerprint density at radius 3 is 2.26 bits per heavy atom. The molecule has 3 nitrogen and oxygen atoms in total. The number of hydrogen-bond acceptors (Lipinski definition) is 3. The summed E-state index contributed by atoms with van der Waals surface area (Å²) >= 11 is 0. The Morgan fingerprint density at radius 2 is 1.44 bits per heavy atom. The normalized spacial score (nSPS) is 11.9. The molecule has 0 atom stereocenters. The fourth-order valence-corrected chi connectivity index (χ4v) is 3.81. The van der Waals surface area contributed by atoms with E-state index in [-0.39, 0.29) is 11.5 Å². The van der Waals surface area contributed by atoms with Gasteiger partial charge in [-0.05, 0) is 58.7 Å². The molecule has 0 amide bonds. The summed E-state index contributed by atoms with van der Waals surface area (Å²) in [5.74, 6) is 0.498. The van der Waals surface area contributed by atoms with Gasteiger partial charge in [0.25, 0.3) is 0 Å². The third kappa shape index (κ3) is 2.64. The molecule has 1 heterocycles. The van der Waals surface area contributed by atoms with Gasteiger partial charge in [0.05, 0.1) is 11.4 Å². The van der Waals surface area contributed by atoms with Crippen LogP contribution in [0.4, 0.5) is 0 Å². The molecule has 1 aromatic heterocycles. The predicted octanol–water partition coefficient (Wildman–Crippen LogP) is 5.40. The molecule has 0 saturated carbocycles. The zero-order valence-corrected chi connectivity index (χ0v) is 14.6. The fraction of sp³-hybridized carbons (Fsp3) is 0.0417. The van der Waals surface area contributed by atoms with E-state index in [1.807, 2.05) is 42.5 Å². The van der Waals surface area contributed by atoms with Gasteiger partial charge in [-0.15, -0.1) is 0 Å². The van der Waals surface area contributed by atoms with Gasteiger partial charge in [-0.25, -0.2) is 4.98 Å². The highest BCUT2D eigenvalue weighted by atomic mass is 16.3. The molecule has 0 unspecified atom stereocenters. The third-order valence-corrected chi connectivity index (χ3v) is 5.06. The first-order valence-electron chi connectivity index (χ1n) is 8.90. The van der Waals surface area contributed by atoms with E-state index >= 15 is 0 Å². The zero-order valence-electron chi connectivity index (χ0n) is 14.6. The molecule has 0 fully saturated rings. The number of phenols is 2. The van der Waals surface area contributed by atoms with Crippen LogP contribution in [0.1, 0.15) is 11.1 Å². The Morgan fingerprint density at radius 1 is 0.667 bits per heavy atom. The summed E-state index contributed by atoms with van der Waals surface area (Å²) in [6.45, 7) is 0. The molecular formula is C24H17NO2. The first-order valence-corrected chi connectivity index (χ1v) is 8.90. The lowest BCUT2D eigenvalue weighted by atomic mass is 9.96. The van der Waals surface area contributed by atoms with E-state index in [1.54, 1.807) is 18.2 Å². The van der Waals surface area contributed by atoms with Gasteiger partial charge < -0.3 is 10.2 Å². The number of rotatable bonds is 2. The lowest BCUT2D eigenvalue weighted by molar-refractivity contribution is 0.474. The van der Waals surface area contributed by atoms with E-state index in [9.17, 15) is 10.2 Å². The number of aromatic nitrogens is 1. The summed E-state index contributed by atoms with van der Waals surface area (Å²) in [6.07, 6.45) is 0.747. The van der Waals surface area contributed by atoms with E-state index in [4.69, 9.17) is 4.98 Å². The number of aromatic hydroxyl groups is 2. The first-order chi connectivity index (χ1) is 13.2. The quantitative estimate of drug-likeness (QED) is 0.448. The van der Waals surface area contributed by atoms with E-state index < -0.39 is 0 Å². The van der Waals surface area contributed by atoms with Crippen LogP contribution in [0.3, 0.4) is 0 Å². The van der Waals surface area contributed by atoms with Crippen molar-refractivity contribution < 1.29 is 10.2 Å². The van der Waals surface area contributed by atoms with Gasteiger partial charge in [0.1, 0.15) is 11.5 Å². The Labute approximate surface area is 157 Å². The SMILES string of the molecule is Oc1cccc(-c2cc(-c3ccccc3)c3c(n2)-c2ccc(O)cc2C3)c1. The van der Waals surface area contributed by atoms with Crippen molar-refractivity contribution >= 4 is 0 Å². The molecule has 1 aliphatic carbocycles. The largest absolute Gasteiger partial charge is 0.508 e. The van der Waals surface area contributed by atoms with Gasteiger partial charge >= 0.3 is 0 Å². The Hall–Kier alpha value is -3.59. The van der Waals surface area contributed by atoms with Crippen LogP contribution in [0.2, 0.25) is 0 Å². The van der Waals surface area contributed by atoms with Gasteiger partial charge in [0.15, 0.2) is 0 Å². The molecule has 3 aromatic carbocycles. The monoisotopic (exact) mass is 351 g/mol. The van der Waals surface area contributed by atoms with E-state index in [0.717, 1.165) is 45.6 Å². The Kier molecular flexibility index (Phi) is 3.47. The number of pyridine rings is 1. The van der Waals surface area contributed by atoms with Crippen LogP contribution in [-0.2, 0) is 6.42 Å². The summed E-state index contributed by atoms with van der Waals surface area (Å²) in [5.41, 5.74) is 8.23. The fourth-order valence-electron chi connectivity index (χ4n) is 3.81. The molecule has 130 valence electrons. The maximum absolute atomic E-state index is 9.89. The number of benzene rings is 3. The molecule has 1 aliphatic rings. The van der Waals surface area contributed by atoms with Crippen molar-refractivity contribution in [1.29, 1.82) is 0 Å². The second-order valence-corrected chi connectivity index (χ2v) is 6.82. The van der Waals surface area contributed by atoms with Crippen molar-refractivity contribution in [2.45, 2.75) is 6.42 Å². The lowest BCUT2D eigenvalue weighted by Crippen LogP contribution is -1.94. The molecule has 0 bridgehead atoms. The van der Waals surface area contributed by atoms with Crippen LogP contribution in [0.15, 0.2) is 78.9 Å². The summed E-state index contributed by atoms with van der Waals surface area (Å²) in [4.78, 5) is 4.93. The van der Waals surface area contributed by atoms with Crippen LogP contribution in [0.5, 0.6) is 11.5 Å². The van der Waals surface area contributed by atoms with Crippen LogP contribution in [0.25, 0.3) is 33.6 Å². The first kappa shape index (κ1) is 15.6.